The van der Waals surface area contributed by atoms with Crippen molar-refractivity contribution in [1.82, 2.24) is 4.90 Å². The molecule has 0 aliphatic carbocycles. The van der Waals surface area contributed by atoms with E-state index >= 15 is 0 Å². The molecule has 6 nitrogen and oxygen atoms in total. The number of fused-ring (bicyclic) bond motifs is 1. The van der Waals surface area contributed by atoms with Crippen LogP contribution in [-0.4, -0.2) is 45.5 Å². The third kappa shape index (κ3) is 1.26. The van der Waals surface area contributed by atoms with Gasteiger partial charge in [0.2, 0.25) is 5.91 Å². The Morgan fingerprint density at radius 3 is 2.87 bits per heavy atom. The van der Waals surface area contributed by atoms with Crippen molar-refractivity contribution in [1.29, 1.82) is 0 Å². The van der Waals surface area contributed by atoms with Crippen molar-refractivity contribution in [3.05, 3.63) is 0 Å². The van der Waals surface area contributed by atoms with E-state index in [4.69, 9.17) is 10.8 Å². The minimum absolute atomic E-state index is 0.0556. The zero-order chi connectivity index (χ0) is 11.2. The van der Waals surface area contributed by atoms with Crippen LogP contribution in [0.1, 0.15) is 6.42 Å². The Bertz CT molecular complexity index is 348. The van der Waals surface area contributed by atoms with Gasteiger partial charge in [0, 0.05) is 6.54 Å². The molecule has 2 saturated heterocycles. The van der Waals surface area contributed by atoms with Gasteiger partial charge in [-0.1, -0.05) is 0 Å². The molecule has 0 aromatic carbocycles. The van der Waals surface area contributed by atoms with Crippen LogP contribution < -0.4 is 5.73 Å². The molecular weight excluding hydrogens is 220 g/mol. The van der Waals surface area contributed by atoms with Crippen LogP contribution in [0.25, 0.3) is 0 Å². The van der Waals surface area contributed by atoms with Crippen LogP contribution in [0.5, 0.6) is 0 Å². The third-order valence-corrected chi connectivity index (χ3v) is 4.32. The van der Waals surface area contributed by atoms with E-state index in [-0.39, 0.29) is 17.8 Å². The predicted molar refractivity (Wildman–Crippen MR) is 51.8 cm³/mol. The molecule has 0 bridgehead atoms. The smallest absolute Gasteiger partial charge is 0.321 e. The molecule has 1 amide bonds. The number of aliphatic carboxylic acids is 1. The molecule has 2 fully saturated rings. The van der Waals surface area contributed by atoms with Crippen LogP contribution in [0.2, 0.25) is 0 Å². The summed E-state index contributed by atoms with van der Waals surface area (Å²) < 4.78 is 0. The summed E-state index contributed by atoms with van der Waals surface area (Å²) in [4.78, 5) is 34.5. The average Bonchev–Trinajstić information content (AvgIpc) is 2.17. The first-order valence-electron chi connectivity index (χ1n) is 4.41. The summed E-state index contributed by atoms with van der Waals surface area (Å²) in [5.74, 6) is -1.39. The minimum atomic E-state index is -1.66. The van der Waals surface area contributed by atoms with Crippen molar-refractivity contribution in [2.24, 2.45) is 11.1 Å². The Labute approximate surface area is 89.8 Å². The molecule has 2 heterocycles. The summed E-state index contributed by atoms with van der Waals surface area (Å²) in [6.45, 7) is -0.108. The van der Waals surface area contributed by atoms with Crippen molar-refractivity contribution in [2.75, 3.05) is 6.54 Å². The van der Waals surface area contributed by atoms with Gasteiger partial charge in [0.25, 0.3) is 0 Å². The number of hydrogen-bond donors (Lipinski definition) is 2. The molecule has 3 N–H and O–H groups in total. The Kier molecular flexibility index (Phi) is 2.23. The Balaban J connectivity index is 2.28. The van der Waals surface area contributed by atoms with Crippen molar-refractivity contribution in [3.63, 3.8) is 0 Å². The number of β-lactam (4-membered cyclic amide) rings is 1. The molecule has 15 heavy (non-hydrogen) atoms. The number of nitrogens with two attached hydrogens (primary N) is 1. The maximum absolute atomic E-state index is 11.2. The van der Waals surface area contributed by atoms with E-state index in [0.717, 1.165) is 0 Å². The van der Waals surface area contributed by atoms with Crippen LogP contribution in [0, 0.1) is 5.41 Å². The average molecular weight is 230 g/mol. The molecule has 2 aliphatic heterocycles. The van der Waals surface area contributed by atoms with Crippen LogP contribution in [0.15, 0.2) is 0 Å². The lowest BCUT2D eigenvalue weighted by Crippen LogP contribution is -2.66. The molecule has 0 saturated carbocycles. The number of carboxylic acids is 1. The molecule has 2 unspecified atom stereocenters. The first-order chi connectivity index (χ1) is 7.01. The van der Waals surface area contributed by atoms with E-state index in [9.17, 15) is 14.4 Å². The normalized spacial score (nSPS) is 39.3. The van der Waals surface area contributed by atoms with Gasteiger partial charge in [-0.25, -0.2) is 0 Å². The fourth-order valence-electron chi connectivity index (χ4n) is 1.74. The number of aldehydes is 1. The lowest BCUT2D eigenvalue weighted by Gasteiger charge is -2.50. The molecule has 3 atom stereocenters. The highest BCUT2D eigenvalue weighted by Gasteiger charge is 2.56. The first kappa shape index (κ1) is 10.4. The van der Waals surface area contributed by atoms with Gasteiger partial charge in [0.15, 0.2) is 5.41 Å². The van der Waals surface area contributed by atoms with E-state index in [1.54, 1.807) is 0 Å². The quantitative estimate of drug-likeness (QED) is 0.353. The molecule has 0 radical (unpaired) electrons. The van der Waals surface area contributed by atoms with E-state index in [2.05, 4.69) is 0 Å². The van der Waals surface area contributed by atoms with Crippen LogP contribution in [-0.2, 0) is 14.4 Å². The number of nitrogens with zero attached hydrogens (tertiary/aromatic N) is 1. The number of thioether (sulfide) groups is 1. The highest BCUT2D eigenvalue weighted by molar-refractivity contribution is 8.00. The third-order valence-electron chi connectivity index (χ3n) is 2.87. The fraction of sp³-hybridized carbons (Fsp3) is 0.625. The fourth-order valence-corrected chi connectivity index (χ4v) is 3.13. The van der Waals surface area contributed by atoms with Gasteiger partial charge in [-0.2, -0.15) is 0 Å². The van der Waals surface area contributed by atoms with Crippen molar-refractivity contribution >= 4 is 29.9 Å². The lowest BCUT2D eigenvalue weighted by atomic mass is 9.87. The van der Waals surface area contributed by atoms with Crippen molar-refractivity contribution < 1.29 is 19.5 Å². The van der Waals surface area contributed by atoms with E-state index in [1.165, 1.54) is 16.7 Å². The van der Waals surface area contributed by atoms with E-state index in [1.807, 2.05) is 0 Å². The number of carbonyl (C=O) groups excluding carboxylic acids is 2. The highest BCUT2D eigenvalue weighted by atomic mass is 32.2. The minimum Gasteiger partial charge on any atom is -0.480 e. The molecule has 82 valence electrons. The van der Waals surface area contributed by atoms with Crippen molar-refractivity contribution in [2.45, 2.75) is 17.2 Å². The molecule has 0 aromatic rings. The van der Waals surface area contributed by atoms with Gasteiger partial charge in [-0.15, -0.1) is 11.8 Å². The lowest BCUT2D eigenvalue weighted by molar-refractivity contribution is -0.158. The van der Waals surface area contributed by atoms with Crippen molar-refractivity contribution in [3.8, 4) is 0 Å². The monoisotopic (exact) mass is 230 g/mol. The predicted octanol–water partition coefficient (Wildman–Crippen LogP) is -1.15. The van der Waals surface area contributed by atoms with Crippen LogP contribution in [0.4, 0.5) is 0 Å². The number of rotatable bonds is 2. The summed E-state index contributed by atoms with van der Waals surface area (Å²) in [6.07, 6.45) is 0.724. The van der Waals surface area contributed by atoms with Gasteiger partial charge in [0.1, 0.15) is 6.29 Å². The van der Waals surface area contributed by atoms with E-state index < -0.39 is 16.8 Å². The summed E-state index contributed by atoms with van der Waals surface area (Å²) in [7, 11) is 0. The van der Waals surface area contributed by atoms with Gasteiger partial charge in [-0.3, -0.25) is 9.59 Å². The van der Waals surface area contributed by atoms with Gasteiger partial charge in [0.05, 0.1) is 17.2 Å². The van der Waals surface area contributed by atoms with Crippen LogP contribution >= 0.6 is 11.8 Å². The SMILES string of the molecule is NC1S[C@@H]2CC(=O)N2CC1(C=O)C(=O)O. The zero-order valence-electron chi connectivity index (χ0n) is 7.75. The first-order valence-corrected chi connectivity index (χ1v) is 5.36. The molecule has 0 aromatic heterocycles. The Hall–Kier alpha value is -1.08. The summed E-state index contributed by atoms with van der Waals surface area (Å²) in [5, 5.41) is 8.17. The zero-order valence-corrected chi connectivity index (χ0v) is 8.57. The molecular formula is C8H10N2O4S. The second-order valence-electron chi connectivity index (χ2n) is 3.70. The maximum atomic E-state index is 11.2. The maximum Gasteiger partial charge on any atom is 0.321 e. The van der Waals surface area contributed by atoms with Gasteiger partial charge < -0.3 is 20.5 Å². The number of amides is 1. The Morgan fingerprint density at radius 2 is 2.40 bits per heavy atom. The summed E-state index contributed by atoms with van der Waals surface area (Å²) >= 11 is 1.17. The number of carbonyl (C=O) groups is 3. The summed E-state index contributed by atoms with van der Waals surface area (Å²) in [5.41, 5.74) is 4.01. The standard InChI is InChI=1S/C8H10N2O4S/c9-6-8(3-11,7(13)14)2-10-4(12)1-5(10)15-6/h3,5-6H,1-2,9H2,(H,13,14)/t5-,6?,8?/m1/s1. The van der Waals surface area contributed by atoms with E-state index in [0.29, 0.717) is 12.7 Å². The number of carboxylic acid groups (broad SMARTS) is 1. The molecule has 2 aliphatic rings. The molecule has 0 spiro atoms. The molecule has 7 heteroatoms. The highest BCUT2D eigenvalue weighted by Crippen LogP contribution is 2.43. The Morgan fingerprint density at radius 1 is 1.73 bits per heavy atom. The van der Waals surface area contributed by atoms with Gasteiger partial charge in [-0.05, 0) is 0 Å². The molecule has 2 rings (SSSR count). The number of hydrogen-bond acceptors (Lipinski definition) is 5. The largest absolute Gasteiger partial charge is 0.480 e. The topological polar surface area (TPSA) is 101 Å². The second-order valence-corrected chi connectivity index (χ2v) is 5.02. The van der Waals surface area contributed by atoms with Gasteiger partial charge >= 0.3 is 5.97 Å². The summed E-state index contributed by atoms with van der Waals surface area (Å²) in [6, 6.07) is 0. The second kappa shape index (κ2) is 3.21. The van der Waals surface area contributed by atoms with Crippen LogP contribution in [0.3, 0.4) is 0 Å².